The van der Waals surface area contributed by atoms with Crippen LogP contribution in [0.15, 0.2) is 65.6 Å². The molecule has 0 spiro atoms. The first-order valence-corrected chi connectivity index (χ1v) is 9.80. The SMILES string of the molecule is CCc1ccc(S(=O)(=O)Nc2ccc(Nc3ccc(Cl)cc3)nn2)cc1. The van der Waals surface area contributed by atoms with Crippen molar-refractivity contribution in [3.05, 3.63) is 71.2 Å². The van der Waals surface area contributed by atoms with E-state index in [0.29, 0.717) is 10.8 Å². The molecule has 0 radical (unpaired) electrons. The molecule has 26 heavy (non-hydrogen) atoms. The van der Waals surface area contributed by atoms with Gasteiger partial charge in [-0.15, -0.1) is 10.2 Å². The van der Waals surface area contributed by atoms with Crippen LogP contribution in [0.4, 0.5) is 17.3 Å². The maximum absolute atomic E-state index is 12.4. The zero-order valence-electron chi connectivity index (χ0n) is 14.0. The van der Waals surface area contributed by atoms with Crippen LogP contribution < -0.4 is 10.0 Å². The molecule has 1 aromatic heterocycles. The second-order valence-corrected chi connectivity index (χ2v) is 7.66. The van der Waals surface area contributed by atoms with Crippen molar-refractivity contribution in [2.45, 2.75) is 18.2 Å². The highest BCUT2D eigenvalue weighted by molar-refractivity contribution is 7.92. The number of rotatable bonds is 6. The van der Waals surface area contributed by atoms with Gasteiger partial charge < -0.3 is 5.32 Å². The van der Waals surface area contributed by atoms with Crippen molar-refractivity contribution in [1.82, 2.24) is 10.2 Å². The van der Waals surface area contributed by atoms with E-state index in [9.17, 15) is 8.42 Å². The van der Waals surface area contributed by atoms with Gasteiger partial charge in [0, 0.05) is 10.7 Å². The number of aromatic nitrogens is 2. The minimum atomic E-state index is -3.70. The van der Waals surface area contributed by atoms with Crippen LogP contribution in [0.2, 0.25) is 5.02 Å². The predicted octanol–water partition coefficient (Wildman–Crippen LogP) is 4.24. The van der Waals surface area contributed by atoms with Crippen LogP contribution in [0.5, 0.6) is 0 Å². The molecule has 0 aliphatic rings. The van der Waals surface area contributed by atoms with Crippen molar-refractivity contribution in [2.24, 2.45) is 0 Å². The summed E-state index contributed by atoms with van der Waals surface area (Å²) in [6.45, 7) is 2.01. The van der Waals surface area contributed by atoms with Crippen LogP contribution in [0.25, 0.3) is 0 Å². The molecule has 8 heteroatoms. The molecule has 2 N–H and O–H groups in total. The molecule has 0 unspecified atom stereocenters. The first kappa shape index (κ1) is 18.2. The maximum atomic E-state index is 12.4. The third-order valence-electron chi connectivity index (χ3n) is 3.66. The lowest BCUT2D eigenvalue weighted by atomic mass is 10.2. The molecule has 1 heterocycles. The summed E-state index contributed by atoms with van der Waals surface area (Å²) in [4.78, 5) is 0.180. The molecule has 0 aliphatic carbocycles. The third kappa shape index (κ3) is 4.50. The quantitative estimate of drug-likeness (QED) is 0.659. The lowest BCUT2D eigenvalue weighted by Crippen LogP contribution is -2.14. The van der Waals surface area contributed by atoms with Crippen LogP contribution in [0, 0.1) is 0 Å². The van der Waals surface area contributed by atoms with Crippen LogP contribution in [-0.4, -0.2) is 18.6 Å². The van der Waals surface area contributed by atoms with E-state index < -0.39 is 10.0 Å². The molecule has 0 amide bonds. The highest BCUT2D eigenvalue weighted by Gasteiger charge is 2.15. The van der Waals surface area contributed by atoms with Crippen molar-refractivity contribution in [1.29, 1.82) is 0 Å². The van der Waals surface area contributed by atoms with Crippen molar-refractivity contribution in [3.8, 4) is 0 Å². The summed E-state index contributed by atoms with van der Waals surface area (Å²) < 4.78 is 27.2. The average molecular weight is 389 g/mol. The molecule has 0 fully saturated rings. The molecule has 6 nitrogen and oxygen atoms in total. The van der Waals surface area contributed by atoms with Crippen LogP contribution in [0.3, 0.4) is 0 Å². The molecular formula is C18H17ClN4O2S. The van der Waals surface area contributed by atoms with E-state index in [1.165, 1.54) is 0 Å². The zero-order valence-corrected chi connectivity index (χ0v) is 15.6. The molecule has 0 saturated carbocycles. The molecule has 3 rings (SSSR count). The Morgan fingerprint density at radius 3 is 2.08 bits per heavy atom. The number of nitrogens with zero attached hydrogens (tertiary/aromatic N) is 2. The van der Waals surface area contributed by atoms with Gasteiger partial charge in [0.15, 0.2) is 11.6 Å². The van der Waals surface area contributed by atoms with E-state index in [0.717, 1.165) is 17.7 Å². The lowest BCUT2D eigenvalue weighted by molar-refractivity contribution is 0.601. The Labute approximate surface area is 157 Å². The molecule has 0 aliphatic heterocycles. The molecule has 3 aromatic rings. The third-order valence-corrected chi connectivity index (χ3v) is 5.28. The summed E-state index contributed by atoms with van der Waals surface area (Å²) in [5.74, 6) is 0.633. The largest absolute Gasteiger partial charge is 0.339 e. The van der Waals surface area contributed by atoms with Crippen molar-refractivity contribution in [3.63, 3.8) is 0 Å². The van der Waals surface area contributed by atoms with Gasteiger partial charge >= 0.3 is 0 Å². The van der Waals surface area contributed by atoms with Gasteiger partial charge in [-0.2, -0.15) is 0 Å². The highest BCUT2D eigenvalue weighted by Crippen LogP contribution is 2.19. The molecule has 2 aromatic carbocycles. The second-order valence-electron chi connectivity index (χ2n) is 5.54. The first-order chi connectivity index (χ1) is 12.5. The fraction of sp³-hybridized carbons (Fsp3) is 0.111. The second kappa shape index (κ2) is 7.72. The number of sulfonamides is 1. The Morgan fingerprint density at radius 1 is 0.885 bits per heavy atom. The average Bonchev–Trinajstić information content (AvgIpc) is 2.65. The van der Waals surface area contributed by atoms with Crippen LogP contribution in [0.1, 0.15) is 12.5 Å². The summed E-state index contributed by atoms with van der Waals surface area (Å²) in [6.07, 6.45) is 0.849. The number of hydrogen-bond donors (Lipinski definition) is 2. The number of benzene rings is 2. The Kier molecular flexibility index (Phi) is 5.39. The number of hydrogen-bond acceptors (Lipinski definition) is 5. The molecule has 0 bridgehead atoms. The van der Waals surface area contributed by atoms with Gasteiger partial charge in [0.25, 0.3) is 10.0 Å². The first-order valence-electron chi connectivity index (χ1n) is 7.94. The van der Waals surface area contributed by atoms with Gasteiger partial charge in [-0.3, -0.25) is 4.72 Å². The van der Waals surface area contributed by atoms with E-state index in [-0.39, 0.29) is 10.7 Å². The summed E-state index contributed by atoms with van der Waals surface area (Å²) in [5.41, 5.74) is 1.87. The van der Waals surface area contributed by atoms with Gasteiger partial charge in [-0.25, -0.2) is 8.42 Å². The van der Waals surface area contributed by atoms with E-state index in [2.05, 4.69) is 20.2 Å². The fourth-order valence-electron chi connectivity index (χ4n) is 2.24. The normalized spacial score (nSPS) is 11.2. The number of anilines is 3. The Hall–Kier alpha value is -2.64. The Morgan fingerprint density at radius 2 is 1.50 bits per heavy atom. The monoisotopic (exact) mass is 388 g/mol. The molecule has 134 valence electrons. The van der Waals surface area contributed by atoms with E-state index in [1.807, 2.05) is 6.92 Å². The Balaban J connectivity index is 1.70. The minimum absolute atomic E-state index is 0.145. The summed E-state index contributed by atoms with van der Waals surface area (Å²) >= 11 is 5.84. The zero-order chi connectivity index (χ0) is 18.6. The number of aryl methyl sites for hydroxylation is 1. The van der Waals surface area contributed by atoms with Crippen molar-refractivity contribution in [2.75, 3.05) is 10.0 Å². The van der Waals surface area contributed by atoms with Crippen LogP contribution >= 0.6 is 11.6 Å². The summed E-state index contributed by atoms with van der Waals surface area (Å²) in [7, 11) is -3.70. The highest BCUT2D eigenvalue weighted by atomic mass is 35.5. The standard InChI is InChI=1S/C18H17ClN4O2S/c1-2-13-3-9-16(10-4-13)26(24,25)23-18-12-11-17(21-22-18)20-15-7-5-14(19)6-8-15/h3-12H,2H2,1H3,(H,20,21)(H,22,23). The van der Waals surface area contributed by atoms with Gasteiger partial charge in [0.05, 0.1) is 4.90 Å². The minimum Gasteiger partial charge on any atom is -0.339 e. The molecule has 0 atom stereocenters. The van der Waals surface area contributed by atoms with E-state index >= 15 is 0 Å². The maximum Gasteiger partial charge on any atom is 0.263 e. The van der Waals surface area contributed by atoms with Gasteiger partial charge in [-0.1, -0.05) is 30.7 Å². The Bertz CT molecular complexity index is 973. The summed E-state index contributed by atoms with van der Waals surface area (Å²) in [5, 5.41) is 11.6. The summed E-state index contributed by atoms with van der Waals surface area (Å²) in [6, 6.07) is 17.0. The van der Waals surface area contributed by atoms with Gasteiger partial charge in [-0.05, 0) is 60.5 Å². The van der Waals surface area contributed by atoms with Crippen molar-refractivity contribution >= 4 is 38.9 Å². The van der Waals surface area contributed by atoms with E-state index in [4.69, 9.17) is 11.6 Å². The topological polar surface area (TPSA) is 84.0 Å². The number of nitrogens with one attached hydrogen (secondary N) is 2. The van der Waals surface area contributed by atoms with Gasteiger partial charge in [0.1, 0.15) is 0 Å². The molecular weight excluding hydrogens is 372 g/mol. The number of halogens is 1. The smallest absolute Gasteiger partial charge is 0.263 e. The fourth-order valence-corrected chi connectivity index (χ4v) is 3.36. The van der Waals surface area contributed by atoms with Gasteiger partial charge in [0.2, 0.25) is 0 Å². The molecule has 0 saturated heterocycles. The van der Waals surface area contributed by atoms with Crippen LogP contribution in [-0.2, 0) is 16.4 Å². The predicted molar refractivity (Wildman–Crippen MR) is 103 cm³/mol. The van der Waals surface area contributed by atoms with E-state index in [1.54, 1.807) is 60.7 Å². The lowest BCUT2D eigenvalue weighted by Gasteiger charge is -2.09. The van der Waals surface area contributed by atoms with Crippen molar-refractivity contribution < 1.29 is 8.42 Å².